The summed E-state index contributed by atoms with van der Waals surface area (Å²) in [4.78, 5) is 4.37. The van der Waals surface area contributed by atoms with Gasteiger partial charge in [-0.25, -0.2) is 9.50 Å². The smallest absolute Gasteiger partial charge is 0.158 e. The second-order valence-electron chi connectivity index (χ2n) is 5.47. The van der Waals surface area contributed by atoms with E-state index in [1.807, 2.05) is 6.07 Å². The summed E-state index contributed by atoms with van der Waals surface area (Å²) in [5, 5.41) is 5.58. The number of fused-ring (bicyclic) bond motifs is 1. The molecule has 3 nitrogen and oxygen atoms in total. The van der Waals surface area contributed by atoms with Gasteiger partial charge in [-0.3, -0.25) is 0 Å². The normalized spacial score (nSPS) is 12.3. The van der Waals surface area contributed by atoms with Gasteiger partial charge in [0.2, 0.25) is 0 Å². The SMILES string of the molecule is CCCc1c(Cl)nc2cc(C(C)(C)C)nn2c1Cl. The third-order valence-electron chi connectivity index (χ3n) is 2.86. The van der Waals surface area contributed by atoms with Crippen molar-refractivity contribution in [3.8, 4) is 0 Å². The van der Waals surface area contributed by atoms with Crippen molar-refractivity contribution in [2.24, 2.45) is 0 Å². The zero-order valence-electron chi connectivity index (χ0n) is 11.1. The summed E-state index contributed by atoms with van der Waals surface area (Å²) in [6, 6.07) is 1.94. The van der Waals surface area contributed by atoms with Gasteiger partial charge in [-0.05, 0) is 6.42 Å². The first-order valence-corrected chi connectivity index (χ1v) is 6.84. The average molecular weight is 286 g/mol. The number of hydrogen-bond donors (Lipinski definition) is 0. The third-order valence-corrected chi connectivity index (χ3v) is 3.56. The van der Waals surface area contributed by atoms with E-state index in [1.54, 1.807) is 4.52 Å². The zero-order chi connectivity index (χ0) is 13.5. The van der Waals surface area contributed by atoms with Crippen molar-refractivity contribution in [3.63, 3.8) is 0 Å². The predicted molar refractivity (Wildman–Crippen MR) is 75.7 cm³/mol. The molecular formula is C13H17Cl2N3. The number of rotatable bonds is 2. The van der Waals surface area contributed by atoms with Gasteiger partial charge in [0.25, 0.3) is 0 Å². The van der Waals surface area contributed by atoms with Gasteiger partial charge in [-0.1, -0.05) is 57.3 Å². The van der Waals surface area contributed by atoms with Gasteiger partial charge in [0.1, 0.15) is 10.3 Å². The van der Waals surface area contributed by atoms with Gasteiger partial charge < -0.3 is 0 Å². The van der Waals surface area contributed by atoms with Crippen LogP contribution in [0.4, 0.5) is 0 Å². The monoisotopic (exact) mass is 285 g/mol. The molecule has 0 aromatic carbocycles. The highest BCUT2D eigenvalue weighted by Gasteiger charge is 2.21. The van der Waals surface area contributed by atoms with Crippen molar-refractivity contribution in [2.45, 2.75) is 46.0 Å². The minimum atomic E-state index is -0.0333. The highest BCUT2D eigenvalue weighted by molar-refractivity contribution is 6.34. The summed E-state index contributed by atoms with van der Waals surface area (Å²) in [6.07, 6.45) is 1.78. The molecule has 98 valence electrons. The first-order valence-electron chi connectivity index (χ1n) is 6.08. The quantitative estimate of drug-likeness (QED) is 0.771. The van der Waals surface area contributed by atoms with Gasteiger partial charge in [-0.15, -0.1) is 0 Å². The minimum Gasteiger partial charge on any atom is -0.216 e. The van der Waals surface area contributed by atoms with E-state index in [1.165, 1.54) is 0 Å². The van der Waals surface area contributed by atoms with Gasteiger partial charge >= 0.3 is 0 Å². The molecule has 2 aromatic heterocycles. The first kappa shape index (κ1) is 13.6. The lowest BCUT2D eigenvalue weighted by atomic mass is 9.93. The molecule has 0 radical (unpaired) electrons. The molecule has 0 N–H and O–H groups in total. The largest absolute Gasteiger partial charge is 0.216 e. The standard InChI is InChI=1S/C13H17Cl2N3/c1-5-6-8-11(14)16-10-7-9(13(2,3)4)17-18(10)12(8)15/h7H,5-6H2,1-4H3. The number of halogens is 2. The first-order chi connectivity index (χ1) is 8.34. The van der Waals surface area contributed by atoms with Crippen molar-refractivity contribution in [1.29, 1.82) is 0 Å². The maximum Gasteiger partial charge on any atom is 0.158 e. The molecule has 0 aliphatic rings. The van der Waals surface area contributed by atoms with Gasteiger partial charge in [0.15, 0.2) is 5.65 Å². The van der Waals surface area contributed by atoms with E-state index in [4.69, 9.17) is 23.2 Å². The van der Waals surface area contributed by atoms with Crippen LogP contribution in [-0.4, -0.2) is 14.6 Å². The molecule has 0 unspecified atom stereocenters. The molecule has 18 heavy (non-hydrogen) atoms. The molecule has 0 spiro atoms. The van der Waals surface area contributed by atoms with Crippen LogP contribution >= 0.6 is 23.2 Å². The Morgan fingerprint density at radius 3 is 2.50 bits per heavy atom. The van der Waals surface area contributed by atoms with Crippen molar-refractivity contribution in [2.75, 3.05) is 0 Å². The Morgan fingerprint density at radius 1 is 1.28 bits per heavy atom. The van der Waals surface area contributed by atoms with E-state index in [0.29, 0.717) is 16.0 Å². The van der Waals surface area contributed by atoms with E-state index in [9.17, 15) is 0 Å². The molecule has 2 aromatic rings. The minimum absolute atomic E-state index is 0.0333. The Balaban J connectivity index is 2.67. The molecule has 0 saturated heterocycles. The fourth-order valence-corrected chi connectivity index (χ4v) is 2.43. The lowest BCUT2D eigenvalue weighted by molar-refractivity contribution is 0.562. The summed E-state index contributed by atoms with van der Waals surface area (Å²) in [6.45, 7) is 8.41. The summed E-state index contributed by atoms with van der Waals surface area (Å²) in [5.41, 5.74) is 2.50. The molecule has 2 heterocycles. The molecule has 0 atom stereocenters. The van der Waals surface area contributed by atoms with Crippen LogP contribution in [0, 0.1) is 0 Å². The number of nitrogens with zero attached hydrogens (tertiary/aromatic N) is 3. The fraction of sp³-hybridized carbons (Fsp3) is 0.538. The molecule has 0 fully saturated rings. The van der Waals surface area contributed by atoms with Crippen LogP contribution in [0.1, 0.15) is 45.4 Å². The Hall–Kier alpha value is -0.800. The number of hydrogen-bond acceptors (Lipinski definition) is 2. The number of aromatic nitrogens is 3. The molecule has 5 heteroatoms. The molecule has 0 aliphatic carbocycles. The lowest BCUT2D eigenvalue weighted by Gasteiger charge is -2.13. The van der Waals surface area contributed by atoms with Gasteiger partial charge in [0, 0.05) is 17.0 Å². The van der Waals surface area contributed by atoms with Gasteiger partial charge in [0.05, 0.1) is 5.69 Å². The Kier molecular flexibility index (Phi) is 3.56. The Morgan fingerprint density at radius 2 is 1.94 bits per heavy atom. The van der Waals surface area contributed by atoms with Crippen molar-refractivity contribution < 1.29 is 0 Å². The average Bonchev–Trinajstić information content (AvgIpc) is 2.67. The fourth-order valence-electron chi connectivity index (χ4n) is 1.80. The van der Waals surface area contributed by atoms with E-state index >= 15 is 0 Å². The molecule has 2 rings (SSSR count). The highest BCUT2D eigenvalue weighted by Crippen LogP contribution is 2.28. The predicted octanol–water partition coefficient (Wildman–Crippen LogP) is 4.29. The van der Waals surface area contributed by atoms with Crippen LogP contribution in [-0.2, 0) is 11.8 Å². The van der Waals surface area contributed by atoms with E-state index in [-0.39, 0.29) is 5.41 Å². The Bertz CT molecular complexity index is 582. The lowest BCUT2D eigenvalue weighted by Crippen LogP contribution is -2.12. The summed E-state index contributed by atoms with van der Waals surface area (Å²) in [7, 11) is 0. The van der Waals surface area contributed by atoms with Crippen LogP contribution in [0.25, 0.3) is 5.65 Å². The van der Waals surface area contributed by atoms with Crippen molar-refractivity contribution in [1.82, 2.24) is 14.6 Å². The summed E-state index contributed by atoms with van der Waals surface area (Å²) >= 11 is 12.5. The highest BCUT2D eigenvalue weighted by atomic mass is 35.5. The van der Waals surface area contributed by atoms with E-state index < -0.39 is 0 Å². The molecule has 0 saturated carbocycles. The molecule has 0 aliphatic heterocycles. The van der Waals surface area contributed by atoms with E-state index in [2.05, 4.69) is 37.8 Å². The van der Waals surface area contributed by atoms with Crippen LogP contribution in [0.15, 0.2) is 6.07 Å². The van der Waals surface area contributed by atoms with Crippen LogP contribution < -0.4 is 0 Å². The van der Waals surface area contributed by atoms with Crippen molar-refractivity contribution in [3.05, 3.63) is 27.6 Å². The third kappa shape index (κ3) is 2.34. The van der Waals surface area contributed by atoms with Gasteiger partial charge in [-0.2, -0.15) is 5.10 Å². The maximum atomic E-state index is 6.37. The zero-order valence-corrected chi connectivity index (χ0v) is 12.6. The Labute approximate surface area is 117 Å². The molecule has 0 bridgehead atoms. The van der Waals surface area contributed by atoms with Crippen molar-refractivity contribution >= 4 is 28.8 Å². The maximum absolute atomic E-state index is 6.37. The van der Waals surface area contributed by atoms with E-state index in [0.717, 1.165) is 24.1 Å². The van der Waals surface area contributed by atoms with Crippen LogP contribution in [0.5, 0.6) is 0 Å². The molecule has 0 amide bonds. The summed E-state index contributed by atoms with van der Waals surface area (Å²) < 4.78 is 1.68. The topological polar surface area (TPSA) is 30.2 Å². The second kappa shape index (κ2) is 4.71. The summed E-state index contributed by atoms with van der Waals surface area (Å²) in [5.74, 6) is 0. The molecular weight excluding hydrogens is 269 g/mol. The second-order valence-corrected chi connectivity index (χ2v) is 6.19. The van der Waals surface area contributed by atoms with Crippen LogP contribution in [0.3, 0.4) is 0 Å². The van der Waals surface area contributed by atoms with Crippen LogP contribution in [0.2, 0.25) is 10.3 Å².